The van der Waals surface area contributed by atoms with Crippen molar-refractivity contribution in [2.24, 2.45) is 7.05 Å². The number of carbonyl (C=O) groups is 1. The third kappa shape index (κ3) is 4.51. The zero-order chi connectivity index (χ0) is 19.6. The topological polar surface area (TPSA) is 65.2 Å². The number of ether oxygens (including phenoxy) is 1. The quantitative estimate of drug-likeness (QED) is 0.573. The fourth-order valence-corrected chi connectivity index (χ4v) is 3.23. The molecule has 0 unspecified atom stereocenters. The molecule has 0 bridgehead atoms. The molecule has 0 radical (unpaired) electrons. The molecule has 27 heavy (non-hydrogen) atoms. The van der Waals surface area contributed by atoms with Gasteiger partial charge in [0.1, 0.15) is 5.75 Å². The number of hydrogen-bond donors (Lipinski definition) is 0. The molecule has 0 saturated heterocycles. The maximum absolute atomic E-state index is 12.6. The zero-order valence-corrected chi connectivity index (χ0v) is 17.5. The Morgan fingerprint density at radius 1 is 1.37 bits per heavy atom. The number of carbonyl (C=O) groups excluding carboxylic acids is 1. The van der Waals surface area contributed by atoms with E-state index in [1.807, 2.05) is 20.0 Å². The summed E-state index contributed by atoms with van der Waals surface area (Å²) in [7, 11) is 3.62. The van der Waals surface area contributed by atoms with Gasteiger partial charge in [0.2, 0.25) is 0 Å². The molecule has 2 heterocycles. The summed E-state index contributed by atoms with van der Waals surface area (Å²) in [6.45, 7) is 2.59. The lowest BCUT2D eigenvalue weighted by molar-refractivity contribution is 0.0777. The lowest BCUT2D eigenvalue weighted by Gasteiger charge is -2.15. The maximum atomic E-state index is 12.6. The summed E-state index contributed by atoms with van der Waals surface area (Å²) in [5, 5.41) is 8.99. The molecule has 2 aromatic heterocycles. The third-order valence-corrected chi connectivity index (χ3v) is 4.99. The first-order chi connectivity index (χ1) is 12.8. The molecule has 3 rings (SSSR count). The van der Waals surface area contributed by atoms with E-state index in [1.165, 1.54) is 0 Å². The summed E-state index contributed by atoms with van der Waals surface area (Å²) in [5.74, 6) is 0.381. The first-order valence-electron chi connectivity index (χ1n) is 8.19. The van der Waals surface area contributed by atoms with Crippen LogP contribution in [-0.2, 0) is 20.3 Å². The van der Waals surface area contributed by atoms with Gasteiger partial charge in [-0.05, 0) is 31.2 Å². The predicted molar refractivity (Wildman–Crippen MR) is 106 cm³/mol. The van der Waals surface area contributed by atoms with E-state index in [1.54, 1.807) is 51.9 Å². The largest absolute Gasteiger partial charge is 0.470 e. The van der Waals surface area contributed by atoms with Crippen molar-refractivity contribution in [3.8, 4) is 5.75 Å². The number of rotatable bonds is 6. The monoisotopic (exact) mass is 451 g/mol. The van der Waals surface area contributed by atoms with Crippen LogP contribution in [0.2, 0.25) is 5.02 Å². The Hall–Kier alpha value is -2.32. The van der Waals surface area contributed by atoms with E-state index < -0.39 is 0 Å². The van der Waals surface area contributed by atoms with Crippen LogP contribution in [0.15, 0.2) is 41.1 Å². The molecule has 0 spiro atoms. The van der Waals surface area contributed by atoms with Gasteiger partial charge in [-0.15, -0.1) is 0 Å². The molecule has 3 aromatic rings. The molecule has 1 amide bonds. The Morgan fingerprint density at radius 2 is 2.15 bits per heavy atom. The molecule has 0 fully saturated rings. The van der Waals surface area contributed by atoms with Crippen molar-refractivity contribution in [3.63, 3.8) is 0 Å². The van der Waals surface area contributed by atoms with E-state index >= 15 is 0 Å². The SMILES string of the molecule is Cc1c(CN(C)C(=O)c2ccn(COc3ccc(Br)cc3Cl)n2)cnn1C. The van der Waals surface area contributed by atoms with E-state index in [0.29, 0.717) is 23.0 Å². The van der Waals surface area contributed by atoms with Crippen molar-refractivity contribution < 1.29 is 9.53 Å². The average Bonchev–Trinajstić information content (AvgIpc) is 3.22. The Balaban J connectivity index is 1.62. The maximum Gasteiger partial charge on any atom is 0.274 e. The first kappa shape index (κ1) is 19.4. The minimum absolute atomic E-state index is 0.153. The number of benzene rings is 1. The highest BCUT2D eigenvalue weighted by molar-refractivity contribution is 9.10. The van der Waals surface area contributed by atoms with Gasteiger partial charge in [0.05, 0.1) is 11.2 Å². The lowest BCUT2D eigenvalue weighted by atomic mass is 10.2. The summed E-state index contributed by atoms with van der Waals surface area (Å²) in [5.41, 5.74) is 2.38. The van der Waals surface area contributed by atoms with Gasteiger partial charge in [0.15, 0.2) is 12.4 Å². The second kappa shape index (κ2) is 8.14. The minimum atomic E-state index is -0.168. The van der Waals surface area contributed by atoms with Crippen molar-refractivity contribution in [1.82, 2.24) is 24.5 Å². The number of aryl methyl sites for hydroxylation is 1. The van der Waals surface area contributed by atoms with Crippen LogP contribution in [0.1, 0.15) is 21.7 Å². The van der Waals surface area contributed by atoms with E-state index in [4.69, 9.17) is 16.3 Å². The molecule has 0 aliphatic heterocycles. The molecular formula is C18H19BrClN5O2. The van der Waals surface area contributed by atoms with Crippen molar-refractivity contribution in [2.45, 2.75) is 20.2 Å². The number of amides is 1. The molecule has 0 aliphatic rings. The lowest BCUT2D eigenvalue weighted by Crippen LogP contribution is -2.27. The standard InChI is InChI=1S/C18H19BrClN5O2/c1-12-13(9-21-24(12)3)10-23(2)18(26)16-6-7-25(22-16)11-27-17-5-4-14(19)8-15(17)20/h4-9H,10-11H2,1-3H3. The highest BCUT2D eigenvalue weighted by Gasteiger charge is 2.17. The van der Waals surface area contributed by atoms with Crippen LogP contribution in [0.3, 0.4) is 0 Å². The van der Waals surface area contributed by atoms with Crippen LogP contribution >= 0.6 is 27.5 Å². The van der Waals surface area contributed by atoms with Crippen LogP contribution in [0.4, 0.5) is 0 Å². The van der Waals surface area contributed by atoms with E-state index in [2.05, 4.69) is 26.1 Å². The van der Waals surface area contributed by atoms with Crippen LogP contribution in [0, 0.1) is 6.92 Å². The number of hydrogen-bond acceptors (Lipinski definition) is 4. The molecule has 1 aromatic carbocycles. The Morgan fingerprint density at radius 3 is 2.81 bits per heavy atom. The fraction of sp³-hybridized carbons (Fsp3) is 0.278. The normalized spacial score (nSPS) is 10.9. The Kier molecular flexibility index (Phi) is 5.86. The summed E-state index contributed by atoms with van der Waals surface area (Å²) in [4.78, 5) is 14.2. The molecule has 142 valence electrons. The van der Waals surface area contributed by atoms with Gasteiger partial charge in [-0.2, -0.15) is 10.2 Å². The number of nitrogens with zero attached hydrogens (tertiary/aromatic N) is 5. The molecule has 9 heteroatoms. The minimum Gasteiger partial charge on any atom is -0.470 e. The highest BCUT2D eigenvalue weighted by atomic mass is 79.9. The fourth-order valence-electron chi connectivity index (χ4n) is 2.50. The van der Waals surface area contributed by atoms with Crippen LogP contribution < -0.4 is 4.74 Å². The van der Waals surface area contributed by atoms with Crippen LogP contribution in [-0.4, -0.2) is 37.4 Å². The summed E-state index contributed by atoms with van der Waals surface area (Å²) in [6, 6.07) is 7.03. The Labute approximate surface area is 170 Å². The summed E-state index contributed by atoms with van der Waals surface area (Å²) < 4.78 is 9.87. The van der Waals surface area contributed by atoms with E-state index in [9.17, 15) is 4.79 Å². The van der Waals surface area contributed by atoms with Crippen molar-refractivity contribution in [2.75, 3.05) is 7.05 Å². The predicted octanol–water partition coefficient (Wildman–Crippen LogP) is 3.65. The molecular weight excluding hydrogens is 434 g/mol. The summed E-state index contributed by atoms with van der Waals surface area (Å²) >= 11 is 9.48. The van der Waals surface area contributed by atoms with Crippen molar-refractivity contribution in [3.05, 3.63) is 63.1 Å². The number of halogens is 2. The van der Waals surface area contributed by atoms with Gasteiger partial charge >= 0.3 is 0 Å². The first-order valence-corrected chi connectivity index (χ1v) is 9.36. The second-order valence-electron chi connectivity index (χ2n) is 6.13. The number of aromatic nitrogens is 4. The Bertz CT molecular complexity index is 969. The van der Waals surface area contributed by atoms with Gasteiger partial charge in [-0.3, -0.25) is 9.48 Å². The highest BCUT2D eigenvalue weighted by Crippen LogP contribution is 2.27. The summed E-state index contributed by atoms with van der Waals surface area (Å²) in [6.07, 6.45) is 3.47. The smallest absolute Gasteiger partial charge is 0.274 e. The molecule has 0 atom stereocenters. The van der Waals surface area contributed by atoms with Crippen LogP contribution in [0.5, 0.6) is 5.75 Å². The average molecular weight is 453 g/mol. The zero-order valence-electron chi connectivity index (χ0n) is 15.2. The van der Waals surface area contributed by atoms with Crippen LogP contribution in [0.25, 0.3) is 0 Å². The molecule has 0 aliphatic carbocycles. The van der Waals surface area contributed by atoms with Gasteiger partial charge in [0, 0.05) is 42.6 Å². The van der Waals surface area contributed by atoms with Gasteiger partial charge in [0.25, 0.3) is 5.91 Å². The van der Waals surface area contributed by atoms with Crippen molar-refractivity contribution >= 4 is 33.4 Å². The second-order valence-corrected chi connectivity index (χ2v) is 7.45. The third-order valence-electron chi connectivity index (χ3n) is 4.20. The van der Waals surface area contributed by atoms with Gasteiger partial charge < -0.3 is 9.64 Å². The van der Waals surface area contributed by atoms with Crippen molar-refractivity contribution in [1.29, 1.82) is 0 Å². The van der Waals surface area contributed by atoms with Gasteiger partial charge in [-0.25, -0.2) is 4.68 Å². The van der Waals surface area contributed by atoms with E-state index in [-0.39, 0.29) is 12.6 Å². The van der Waals surface area contributed by atoms with E-state index in [0.717, 1.165) is 15.7 Å². The molecule has 0 saturated carbocycles. The van der Waals surface area contributed by atoms with Gasteiger partial charge in [-0.1, -0.05) is 27.5 Å². The molecule has 7 nitrogen and oxygen atoms in total. The molecule has 0 N–H and O–H groups in total.